The Bertz CT molecular complexity index is 515. The summed E-state index contributed by atoms with van der Waals surface area (Å²) >= 11 is 0. The first-order valence-corrected chi connectivity index (χ1v) is 7.28. The van der Waals surface area contributed by atoms with E-state index in [2.05, 4.69) is 5.32 Å². The summed E-state index contributed by atoms with van der Waals surface area (Å²) in [6.45, 7) is 3.50. The van der Waals surface area contributed by atoms with Gasteiger partial charge in [0.1, 0.15) is 0 Å². The van der Waals surface area contributed by atoms with E-state index in [1.807, 2.05) is 31.2 Å². The van der Waals surface area contributed by atoms with Crippen molar-refractivity contribution in [2.75, 3.05) is 6.61 Å². The van der Waals surface area contributed by atoms with E-state index in [9.17, 15) is 9.59 Å². The molecule has 1 aliphatic carbocycles. The summed E-state index contributed by atoms with van der Waals surface area (Å²) in [6.07, 6.45) is 1.25. The van der Waals surface area contributed by atoms with Crippen LogP contribution in [-0.2, 0) is 27.5 Å². The molecule has 0 bridgehead atoms. The molecule has 1 aromatic rings. The summed E-state index contributed by atoms with van der Waals surface area (Å²) in [4.78, 5) is 23.0. The summed E-state index contributed by atoms with van der Waals surface area (Å²) in [5.41, 5.74) is 2.05. The molecule has 0 saturated heterocycles. The predicted molar refractivity (Wildman–Crippen MR) is 77.5 cm³/mol. The highest BCUT2D eigenvalue weighted by Gasteiger charge is 2.41. The Kier molecular flexibility index (Phi) is 5.33. The number of amides is 1. The van der Waals surface area contributed by atoms with Gasteiger partial charge in [0, 0.05) is 13.2 Å². The number of carbonyl (C=O) groups excluding carboxylic acids is 1. The van der Waals surface area contributed by atoms with Crippen LogP contribution in [0.2, 0.25) is 0 Å². The molecule has 2 rings (SSSR count). The van der Waals surface area contributed by atoms with E-state index in [1.54, 1.807) is 0 Å². The second-order valence-corrected chi connectivity index (χ2v) is 5.25. The quantitative estimate of drug-likeness (QED) is 0.805. The van der Waals surface area contributed by atoms with E-state index in [1.165, 1.54) is 0 Å². The fourth-order valence-electron chi connectivity index (χ4n) is 2.51. The summed E-state index contributed by atoms with van der Waals surface area (Å²) in [5, 5.41) is 11.8. The molecule has 0 heterocycles. The van der Waals surface area contributed by atoms with Crippen molar-refractivity contribution >= 4 is 11.9 Å². The van der Waals surface area contributed by atoms with Crippen molar-refractivity contribution in [2.24, 2.45) is 11.8 Å². The molecule has 1 aliphatic rings. The lowest BCUT2D eigenvalue weighted by molar-refractivity contribution is -0.152. The molecule has 0 spiro atoms. The number of carboxylic acids is 1. The van der Waals surface area contributed by atoms with Crippen LogP contribution in [0.5, 0.6) is 0 Å². The van der Waals surface area contributed by atoms with Crippen LogP contribution in [0.25, 0.3) is 0 Å². The maximum atomic E-state index is 12.0. The summed E-state index contributed by atoms with van der Waals surface area (Å²) in [7, 11) is 0. The maximum absolute atomic E-state index is 12.0. The minimum absolute atomic E-state index is 0.167. The Hall–Kier alpha value is -1.88. The first-order valence-electron chi connectivity index (χ1n) is 7.28. The number of nitrogens with one attached hydrogen (secondary N) is 1. The second-order valence-electron chi connectivity index (χ2n) is 5.25. The standard InChI is InChI=1S/C16H21NO4/c1-2-21-10-12-6-4-3-5-11(12)9-17-15(18)13-7-8-14(13)16(19)20/h3-6,13-14H,2,7-10H2,1H3,(H,17,18)(H,19,20). The largest absolute Gasteiger partial charge is 0.481 e. The fraction of sp³-hybridized carbons (Fsp3) is 0.500. The Morgan fingerprint density at radius 1 is 1.24 bits per heavy atom. The monoisotopic (exact) mass is 291 g/mol. The fourth-order valence-corrected chi connectivity index (χ4v) is 2.51. The van der Waals surface area contributed by atoms with Crippen LogP contribution in [-0.4, -0.2) is 23.6 Å². The van der Waals surface area contributed by atoms with Crippen LogP contribution >= 0.6 is 0 Å². The van der Waals surface area contributed by atoms with Crippen LogP contribution in [0.3, 0.4) is 0 Å². The third-order valence-corrected chi connectivity index (χ3v) is 3.96. The van der Waals surface area contributed by atoms with Crippen molar-refractivity contribution in [1.29, 1.82) is 0 Å². The molecule has 1 aromatic carbocycles. The average Bonchev–Trinajstić information content (AvgIpc) is 2.42. The molecule has 2 unspecified atom stereocenters. The molecule has 0 aliphatic heterocycles. The van der Waals surface area contributed by atoms with Crippen molar-refractivity contribution in [3.8, 4) is 0 Å². The number of ether oxygens (including phenoxy) is 1. The topological polar surface area (TPSA) is 75.6 Å². The molecular weight excluding hydrogens is 270 g/mol. The second kappa shape index (κ2) is 7.22. The van der Waals surface area contributed by atoms with Gasteiger partial charge in [0.15, 0.2) is 0 Å². The number of hydrogen-bond donors (Lipinski definition) is 2. The highest BCUT2D eigenvalue weighted by atomic mass is 16.5. The Morgan fingerprint density at radius 3 is 2.48 bits per heavy atom. The van der Waals surface area contributed by atoms with E-state index in [-0.39, 0.29) is 11.8 Å². The zero-order chi connectivity index (χ0) is 15.2. The van der Waals surface area contributed by atoms with E-state index < -0.39 is 11.9 Å². The molecule has 0 radical (unpaired) electrons. The molecule has 1 amide bonds. The van der Waals surface area contributed by atoms with Crippen molar-refractivity contribution < 1.29 is 19.4 Å². The highest BCUT2D eigenvalue weighted by Crippen LogP contribution is 2.34. The van der Waals surface area contributed by atoms with Gasteiger partial charge in [-0.25, -0.2) is 0 Å². The SMILES string of the molecule is CCOCc1ccccc1CNC(=O)C1CCC1C(=O)O. The van der Waals surface area contributed by atoms with Gasteiger partial charge in [-0.15, -0.1) is 0 Å². The molecule has 21 heavy (non-hydrogen) atoms. The molecule has 1 saturated carbocycles. The van der Waals surface area contributed by atoms with Gasteiger partial charge in [0.2, 0.25) is 5.91 Å². The van der Waals surface area contributed by atoms with Crippen molar-refractivity contribution in [1.82, 2.24) is 5.32 Å². The normalized spacial score (nSPS) is 20.6. The molecular formula is C16H21NO4. The van der Waals surface area contributed by atoms with Crippen LogP contribution in [0.1, 0.15) is 30.9 Å². The van der Waals surface area contributed by atoms with E-state index in [0.29, 0.717) is 32.6 Å². The van der Waals surface area contributed by atoms with Gasteiger partial charge in [-0.3, -0.25) is 9.59 Å². The zero-order valence-electron chi connectivity index (χ0n) is 12.2. The number of hydrogen-bond acceptors (Lipinski definition) is 3. The Labute approximate surface area is 124 Å². The lowest BCUT2D eigenvalue weighted by atomic mass is 9.73. The zero-order valence-corrected chi connectivity index (χ0v) is 12.2. The van der Waals surface area contributed by atoms with Gasteiger partial charge in [0.25, 0.3) is 0 Å². The summed E-state index contributed by atoms with van der Waals surface area (Å²) < 4.78 is 5.40. The molecule has 5 heteroatoms. The maximum Gasteiger partial charge on any atom is 0.307 e. The first kappa shape index (κ1) is 15.5. The molecule has 114 valence electrons. The van der Waals surface area contributed by atoms with Gasteiger partial charge >= 0.3 is 5.97 Å². The Morgan fingerprint density at radius 2 is 1.90 bits per heavy atom. The van der Waals surface area contributed by atoms with E-state index >= 15 is 0 Å². The van der Waals surface area contributed by atoms with Crippen molar-refractivity contribution in [3.05, 3.63) is 35.4 Å². The van der Waals surface area contributed by atoms with Crippen molar-refractivity contribution in [2.45, 2.75) is 32.9 Å². The van der Waals surface area contributed by atoms with Gasteiger partial charge < -0.3 is 15.2 Å². The van der Waals surface area contributed by atoms with Crippen molar-refractivity contribution in [3.63, 3.8) is 0 Å². The molecule has 0 aromatic heterocycles. The van der Waals surface area contributed by atoms with Gasteiger partial charge in [-0.05, 0) is 30.9 Å². The minimum atomic E-state index is -0.877. The smallest absolute Gasteiger partial charge is 0.307 e. The lowest BCUT2D eigenvalue weighted by Crippen LogP contribution is -2.43. The van der Waals surface area contributed by atoms with E-state index in [0.717, 1.165) is 11.1 Å². The third-order valence-electron chi connectivity index (χ3n) is 3.96. The van der Waals surface area contributed by atoms with Crippen LogP contribution < -0.4 is 5.32 Å². The lowest BCUT2D eigenvalue weighted by Gasteiger charge is -2.32. The van der Waals surface area contributed by atoms with Gasteiger partial charge in [0.05, 0.1) is 18.4 Å². The number of benzene rings is 1. The molecule has 2 N–H and O–H groups in total. The summed E-state index contributed by atoms with van der Waals surface area (Å²) in [5.74, 6) is -1.96. The van der Waals surface area contributed by atoms with Gasteiger partial charge in [-0.1, -0.05) is 24.3 Å². The third kappa shape index (κ3) is 3.82. The minimum Gasteiger partial charge on any atom is -0.481 e. The average molecular weight is 291 g/mol. The number of aliphatic carboxylic acids is 1. The number of rotatable bonds is 7. The number of carboxylic acid groups (broad SMARTS) is 1. The predicted octanol–water partition coefficient (Wildman–Crippen LogP) is 1.95. The number of carbonyl (C=O) groups is 2. The van der Waals surface area contributed by atoms with Gasteiger partial charge in [-0.2, -0.15) is 0 Å². The Balaban J connectivity index is 1.91. The van der Waals surface area contributed by atoms with Crippen LogP contribution in [0.15, 0.2) is 24.3 Å². The molecule has 2 atom stereocenters. The van der Waals surface area contributed by atoms with Crippen LogP contribution in [0.4, 0.5) is 0 Å². The summed E-state index contributed by atoms with van der Waals surface area (Å²) in [6, 6.07) is 7.77. The van der Waals surface area contributed by atoms with Crippen LogP contribution in [0, 0.1) is 11.8 Å². The molecule has 5 nitrogen and oxygen atoms in total. The molecule has 1 fully saturated rings. The van der Waals surface area contributed by atoms with E-state index in [4.69, 9.17) is 9.84 Å². The highest BCUT2D eigenvalue weighted by molar-refractivity contribution is 5.86. The first-order chi connectivity index (χ1) is 10.1.